The maximum atomic E-state index is 12.0. The van der Waals surface area contributed by atoms with Gasteiger partial charge in [-0.2, -0.15) is 0 Å². The fourth-order valence-electron chi connectivity index (χ4n) is 1.80. The molecule has 0 unspecified atom stereocenters. The molecule has 0 aliphatic heterocycles. The molecule has 7 heteroatoms. The van der Waals surface area contributed by atoms with E-state index in [9.17, 15) is 4.79 Å². The van der Waals surface area contributed by atoms with Crippen molar-refractivity contribution < 1.29 is 4.79 Å². The average Bonchev–Trinajstić information content (AvgIpc) is 2.93. The molecule has 106 valence electrons. The first-order chi connectivity index (χ1) is 9.74. The van der Waals surface area contributed by atoms with E-state index in [1.165, 1.54) is 0 Å². The molecule has 2 rings (SSSR count). The zero-order chi connectivity index (χ0) is 14.4. The second-order valence-electron chi connectivity index (χ2n) is 4.18. The Morgan fingerprint density at radius 2 is 2.25 bits per heavy atom. The Kier molecular flexibility index (Phi) is 4.65. The number of nitrogens with zero attached hydrogens (tertiary/aromatic N) is 4. The van der Waals surface area contributed by atoms with Crippen molar-refractivity contribution in [2.45, 2.75) is 26.9 Å². The lowest BCUT2D eigenvalue weighted by molar-refractivity contribution is 0.0944. The summed E-state index contributed by atoms with van der Waals surface area (Å²) in [6.45, 7) is 5.89. The van der Waals surface area contributed by atoms with Crippen LogP contribution in [0.25, 0.3) is 0 Å². The topological polar surface area (TPSA) is 84.7 Å². The van der Waals surface area contributed by atoms with E-state index in [4.69, 9.17) is 0 Å². The third-order valence-corrected chi connectivity index (χ3v) is 2.82. The van der Waals surface area contributed by atoms with Crippen LogP contribution in [0.15, 0.2) is 24.7 Å². The molecule has 2 aromatic rings. The smallest absolute Gasteiger partial charge is 0.270 e. The molecular formula is C13H18N6O. The number of anilines is 1. The summed E-state index contributed by atoms with van der Waals surface area (Å²) in [6, 6.07) is 3.55. The molecule has 2 heterocycles. The van der Waals surface area contributed by atoms with Crippen molar-refractivity contribution in [3.63, 3.8) is 0 Å². The van der Waals surface area contributed by atoms with Gasteiger partial charge in [-0.3, -0.25) is 9.78 Å². The van der Waals surface area contributed by atoms with Crippen molar-refractivity contribution in [2.75, 3.05) is 11.9 Å². The monoisotopic (exact) mass is 274 g/mol. The van der Waals surface area contributed by atoms with Crippen LogP contribution in [0, 0.1) is 0 Å². The van der Waals surface area contributed by atoms with E-state index in [-0.39, 0.29) is 5.91 Å². The minimum absolute atomic E-state index is 0.226. The Bertz CT molecular complexity index is 580. The third-order valence-electron chi connectivity index (χ3n) is 2.82. The molecule has 2 N–H and O–H groups in total. The minimum atomic E-state index is -0.226. The van der Waals surface area contributed by atoms with Gasteiger partial charge in [0.1, 0.15) is 12.0 Å². The van der Waals surface area contributed by atoms with Crippen molar-refractivity contribution in [3.8, 4) is 0 Å². The van der Waals surface area contributed by atoms with Crippen LogP contribution in [0.2, 0.25) is 0 Å². The van der Waals surface area contributed by atoms with Gasteiger partial charge in [-0.25, -0.2) is 0 Å². The van der Waals surface area contributed by atoms with Crippen LogP contribution < -0.4 is 10.6 Å². The van der Waals surface area contributed by atoms with Crippen LogP contribution in [0.5, 0.6) is 0 Å². The number of hydrogen-bond donors (Lipinski definition) is 2. The largest absolute Gasteiger partial charge is 0.385 e. The van der Waals surface area contributed by atoms with Crippen LogP contribution >= 0.6 is 0 Å². The summed E-state index contributed by atoms with van der Waals surface area (Å²) in [5.41, 5.74) is 1.26. The molecule has 0 radical (unpaired) electrons. The molecule has 7 nitrogen and oxygen atoms in total. The third kappa shape index (κ3) is 3.31. The predicted molar refractivity (Wildman–Crippen MR) is 75.3 cm³/mol. The van der Waals surface area contributed by atoms with Crippen LogP contribution in [0.1, 0.15) is 30.2 Å². The Balaban J connectivity index is 1.99. The lowest BCUT2D eigenvalue weighted by Gasteiger charge is -2.07. The molecule has 0 aromatic carbocycles. The van der Waals surface area contributed by atoms with Gasteiger partial charge < -0.3 is 15.2 Å². The van der Waals surface area contributed by atoms with Gasteiger partial charge in [-0.05, 0) is 26.0 Å². The molecule has 0 spiro atoms. The summed E-state index contributed by atoms with van der Waals surface area (Å²) in [4.78, 5) is 16.1. The van der Waals surface area contributed by atoms with E-state index in [0.29, 0.717) is 12.2 Å². The molecule has 0 aliphatic carbocycles. The van der Waals surface area contributed by atoms with Crippen molar-refractivity contribution in [1.82, 2.24) is 25.1 Å². The maximum absolute atomic E-state index is 12.0. The Morgan fingerprint density at radius 3 is 3.00 bits per heavy atom. The highest BCUT2D eigenvalue weighted by atomic mass is 16.1. The first kappa shape index (κ1) is 14.0. The number of carbonyl (C=O) groups excluding carboxylic acids is 1. The molecule has 0 atom stereocenters. The van der Waals surface area contributed by atoms with Crippen molar-refractivity contribution >= 4 is 11.6 Å². The van der Waals surface area contributed by atoms with Gasteiger partial charge in [0.2, 0.25) is 0 Å². The fourth-order valence-corrected chi connectivity index (χ4v) is 1.80. The number of hydrogen-bond acceptors (Lipinski definition) is 5. The van der Waals surface area contributed by atoms with E-state index in [0.717, 1.165) is 24.6 Å². The Hall–Kier alpha value is -2.44. The Morgan fingerprint density at radius 1 is 1.40 bits per heavy atom. The minimum Gasteiger partial charge on any atom is -0.385 e. The van der Waals surface area contributed by atoms with Gasteiger partial charge in [-0.15, -0.1) is 10.2 Å². The summed E-state index contributed by atoms with van der Waals surface area (Å²) in [6.07, 6.45) is 3.26. The van der Waals surface area contributed by atoms with Crippen LogP contribution in [0.3, 0.4) is 0 Å². The summed E-state index contributed by atoms with van der Waals surface area (Å²) in [7, 11) is 0. The van der Waals surface area contributed by atoms with Crippen molar-refractivity contribution in [2.24, 2.45) is 0 Å². The van der Waals surface area contributed by atoms with Crippen molar-refractivity contribution in [3.05, 3.63) is 36.2 Å². The predicted octanol–water partition coefficient (Wildman–Crippen LogP) is 1.05. The molecule has 0 bridgehead atoms. The maximum Gasteiger partial charge on any atom is 0.270 e. The average molecular weight is 274 g/mol. The summed E-state index contributed by atoms with van der Waals surface area (Å²) >= 11 is 0. The molecular weight excluding hydrogens is 256 g/mol. The van der Waals surface area contributed by atoms with Gasteiger partial charge in [0.25, 0.3) is 5.91 Å². The fraction of sp³-hybridized carbons (Fsp3) is 0.385. The number of aryl methyl sites for hydroxylation is 1. The highest BCUT2D eigenvalue weighted by molar-refractivity contribution is 5.92. The number of aromatic nitrogens is 4. The molecule has 1 amide bonds. The lowest BCUT2D eigenvalue weighted by atomic mass is 10.3. The van der Waals surface area contributed by atoms with E-state index in [2.05, 4.69) is 25.8 Å². The highest BCUT2D eigenvalue weighted by Crippen LogP contribution is 2.07. The zero-order valence-corrected chi connectivity index (χ0v) is 11.6. The number of nitrogens with one attached hydrogen (secondary N) is 2. The molecule has 0 saturated carbocycles. The zero-order valence-electron chi connectivity index (χ0n) is 11.6. The number of rotatable bonds is 6. The van der Waals surface area contributed by atoms with E-state index >= 15 is 0 Å². The summed E-state index contributed by atoms with van der Waals surface area (Å²) in [5.74, 6) is 0.499. The molecule has 0 aliphatic rings. The Labute approximate surface area is 117 Å². The summed E-state index contributed by atoms with van der Waals surface area (Å²) in [5, 5.41) is 13.7. The van der Waals surface area contributed by atoms with Crippen LogP contribution in [-0.4, -0.2) is 32.2 Å². The van der Waals surface area contributed by atoms with Crippen LogP contribution in [0.4, 0.5) is 5.69 Å². The number of carbonyl (C=O) groups is 1. The number of pyridine rings is 1. The first-order valence-electron chi connectivity index (χ1n) is 6.59. The van der Waals surface area contributed by atoms with Gasteiger partial charge in [0.05, 0.1) is 6.54 Å². The molecule has 20 heavy (non-hydrogen) atoms. The van der Waals surface area contributed by atoms with E-state index in [1.54, 1.807) is 18.6 Å². The second-order valence-corrected chi connectivity index (χ2v) is 4.18. The highest BCUT2D eigenvalue weighted by Gasteiger charge is 2.09. The van der Waals surface area contributed by atoms with Gasteiger partial charge in [0.15, 0.2) is 5.82 Å². The number of amides is 1. The van der Waals surface area contributed by atoms with Crippen molar-refractivity contribution in [1.29, 1.82) is 0 Å². The molecule has 2 aromatic heterocycles. The normalized spacial score (nSPS) is 10.3. The standard InChI is InChI=1S/C13H18N6O/c1-3-14-10-5-6-15-11(7-10)13(20)16-8-12-18-17-9-19(12)4-2/h5-7,9H,3-4,8H2,1-2H3,(H,14,15)(H,16,20). The SMILES string of the molecule is CCNc1ccnc(C(=O)NCc2nncn2CC)c1. The van der Waals surface area contributed by atoms with Gasteiger partial charge in [-0.1, -0.05) is 0 Å². The van der Waals surface area contributed by atoms with Crippen LogP contribution in [-0.2, 0) is 13.1 Å². The second kappa shape index (κ2) is 6.65. The summed E-state index contributed by atoms with van der Waals surface area (Å²) < 4.78 is 1.88. The van der Waals surface area contributed by atoms with Gasteiger partial charge >= 0.3 is 0 Å². The first-order valence-corrected chi connectivity index (χ1v) is 6.59. The van der Waals surface area contributed by atoms with E-state index < -0.39 is 0 Å². The molecule has 0 fully saturated rings. The van der Waals surface area contributed by atoms with E-state index in [1.807, 2.05) is 24.5 Å². The molecule has 0 saturated heterocycles. The van der Waals surface area contributed by atoms with Gasteiger partial charge in [0, 0.05) is 25.0 Å². The quantitative estimate of drug-likeness (QED) is 0.822. The lowest BCUT2D eigenvalue weighted by Crippen LogP contribution is -2.25.